The third-order valence-electron chi connectivity index (χ3n) is 6.29. The lowest BCUT2D eigenvalue weighted by Crippen LogP contribution is -2.46. The van der Waals surface area contributed by atoms with Crippen LogP contribution >= 0.6 is 15.6 Å². The zero-order valence-corrected chi connectivity index (χ0v) is 23.3. The predicted octanol–water partition coefficient (Wildman–Crippen LogP) is -4.09. The predicted molar refractivity (Wildman–Crippen MR) is 130 cm³/mol. The van der Waals surface area contributed by atoms with Crippen LogP contribution in [-0.4, -0.2) is 90.6 Å². The van der Waals surface area contributed by atoms with Gasteiger partial charge in [-0.15, -0.1) is 0 Å². The number of nitrogens with two attached hydrogens (primary N) is 2. The Balaban J connectivity index is 1.33. The number of aromatic nitrogens is 3. The van der Waals surface area contributed by atoms with Gasteiger partial charge >= 0.3 is 13.5 Å². The molecule has 0 aliphatic carbocycles. The number of hydrogen-bond donors (Lipinski definition) is 7. The highest BCUT2D eigenvalue weighted by atomic mass is 31.3. The fraction of sp³-hybridized carbons (Fsp3) is 0.500. The highest BCUT2D eigenvalue weighted by Gasteiger charge is 2.49. The summed E-state index contributed by atoms with van der Waals surface area (Å²) in [7, 11) is -11.2. The van der Waals surface area contributed by atoms with Crippen LogP contribution in [0, 0.1) is 5.82 Å². The number of hydrogen-bond acceptors (Lipinski definition) is 16. The van der Waals surface area contributed by atoms with Crippen LogP contribution in [0.25, 0.3) is 0 Å². The monoisotopic (exact) mass is 657 g/mol. The Morgan fingerprint density at radius 2 is 1.74 bits per heavy atom. The molecule has 2 fully saturated rings. The molecule has 2 aliphatic heterocycles. The summed E-state index contributed by atoms with van der Waals surface area (Å²) >= 11 is 0. The number of carbonyl (C=O) groups excluding carboxylic acids is 1. The van der Waals surface area contributed by atoms with Gasteiger partial charge in [0.2, 0.25) is 0 Å². The largest absolute Gasteiger partial charge is 0.756 e. The van der Waals surface area contributed by atoms with Gasteiger partial charge in [-0.2, -0.15) is 9.55 Å². The number of anilines is 1. The molecule has 2 unspecified atom stereocenters. The van der Waals surface area contributed by atoms with Gasteiger partial charge in [-0.25, -0.2) is 18.1 Å². The second-order valence-corrected chi connectivity index (χ2v) is 12.3. The summed E-state index contributed by atoms with van der Waals surface area (Å²) in [5.74, 6) is -2.69. The minimum absolute atomic E-state index is 0.0364. The molecule has 2 aromatic rings. The molecule has 2 saturated heterocycles. The van der Waals surface area contributed by atoms with Gasteiger partial charge in [0.1, 0.15) is 36.1 Å². The number of amides is 1. The van der Waals surface area contributed by atoms with E-state index in [0.717, 1.165) is 0 Å². The van der Waals surface area contributed by atoms with E-state index >= 15 is 0 Å². The van der Waals surface area contributed by atoms with E-state index in [1.807, 2.05) is 0 Å². The number of pyridine rings is 1. The number of primary amides is 1. The van der Waals surface area contributed by atoms with E-state index in [1.165, 1.54) is 29.1 Å². The van der Waals surface area contributed by atoms with Gasteiger partial charge in [-0.05, 0) is 6.07 Å². The number of aliphatic hydroxyl groups is 4. The molecule has 2 aliphatic rings. The maximum atomic E-state index is 13.8. The molecular formula is C20H26FN5O15P2. The highest BCUT2D eigenvalue weighted by molar-refractivity contribution is 7.60. The van der Waals surface area contributed by atoms with E-state index in [2.05, 4.69) is 18.3 Å². The molecule has 0 aromatic carbocycles. The first-order chi connectivity index (χ1) is 20.0. The lowest BCUT2D eigenvalue weighted by molar-refractivity contribution is -0.765. The Morgan fingerprint density at radius 3 is 2.42 bits per heavy atom. The molecule has 4 rings (SSSR count). The molecule has 9 N–H and O–H groups in total. The highest BCUT2D eigenvalue weighted by Crippen LogP contribution is 2.58. The normalized spacial score (nSPS) is 31.9. The lowest BCUT2D eigenvalue weighted by Gasteiger charge is -2.26. The second kappa shape index (κ2) is 12.7. The van der Waals surface area contributed by atoms with Crippen molar-refractivity contribution in [1.29, 1.82) is 0 Å². The van der Waals surface area contributed by atoms with Gasteiger partial charge in [0.15, 0.2) is 36.4 Å². The van der Waals surface area contributed by atoms with E-state index in [4.69, 9.17) is 20.9 Å². The van der Waals surface area contributed by atoms with Crippen molar-refractivity contribution in [3.05, 3.63) is 52.6 Å². The standard InChI is InChI=1S/C20H26FN5O15P2/c21-9-5-26(20(32)24-16(9)22)19-15(30)13(28)11(40-19)7-38-43(35,36)41-42(33,34)37-6-10-12(27)14(29)18(39-10)25-3-1-2-8(4-25)17(23)31/h1-5,10-15,18-19,27-30H,6-7H2,(H5-,22,23,24,31,32,33,34,35,36)/t10-,11-,12-,13-,14-,15-,18-,19-/m1/s1. The third-order valence-corrected chi connectivity index (χ3v) is 8.85. The molecule has 43 heavy (non-hydrogen) atoms. The third kappa shape index (κ3) is 7.49. The number of aliphatic hydroxyl groups excluding tert-OH is 4. The molecule has 0 bridgehead atoms. The number of phosphoric acid groups is 2. The fourth-order valence-corrected chi connectivity index (χ4v) is 6.21. The summed E-state index contributed by atoms with van der Waals surface area (Å²) in [5, 5.41) is 41.0. The summed E-state index contributed by atoms with van der Waals surface area (Å²) in [5.41, 5.74) is 9.27. The molecule has 10 atom stereocenters. The van der Waals surface area contributed by atoms with E-state index in [-0.39, 0.29) is 5.56 Å². The maximum Gasteiger partial charge on any atom is 0.478 e. The summed E-state index contributed by atoms with van der Waals surface area (Å²) in [6.45, 7) is -2.09. The van der Waals surface area contributed by atoms with Crippen LogP contribution in [-0.2, 0) is 32.0 Å². The van der Waals surface area contributed by atoms with E-state index in [9.17, 15) is 53.3 Å². The number of carbonyl (C=O) groups is 1. The molecule has 1 amide bonds. The number of ether oxygens (including phenoxy) is 2. The Labute approximate surface area is 239 Å². The van der Waals surface area contributed by atoms with Crippen molar-refractivity contribution in [2.45, 2.75) is 49.1 Å². The van der Waals surface area contributed by atoms with Crippen molar-refractivity contribution in [2.24, 2.45) is 5.73 Å². The van der Waals surface area contributed by atoms with Gasteiger partial charge in [0.25, 0.3) is 20.0 Å². The topological polar surface area (TPSA) is 312 Å². The zero-order valence-electron chi connectivity index (χ0n) is 21.5. The molecule has 238 valence electrons. The summed E-state index contributed by atoms with van der Waals surface area (Å²) in [6.07, 6.45) is -10.2. The molecule has 23 heteroatoms. The van der Waals surface area contributed by atoms with Crippen LogP contribution in [0.4, 0.5) is 10.2 Å². The summed E-state index contributed by atoms with van der Waals surface area (Å²) in [4.78, 5) is 48.7. The van der Waals surface area contributed by atoms with E-state index < -0.39 is 101 Å². The smallest absolute Gasteiger partial charge is 0.478 e. The van der Waals surface area contributed by atoms with Crippen LogP contribution in [0.2, 0.25) is 0 Å². The SMILES string of the molecule is NC(=O)c1ccc[n+]([C@@H]2O[C@H](COP(=O)([O-])OP(=O)(O)OC[C@H]3O[C@@H](n4cc(F)c(N)nc4=O)[C@H](O)[C@@H]3O)[C@@H](O)[C@H]2O)c1. The number of halogens is 1. The van der Waals surface area contributed by atoms with Crippen LogP contribution in [0.15, 0.2) is 35.5 Å². The number of nitrogen functional groups attached to an aromatic ring is 1. The van der Waals surface area contributed by atoms with Gasteiger partial charge in [-0.1, -0.05) is 0 Å². The molecule has 0 saturated carbocycles. The van der Waals surface area contributed by atoms with Gasteiger partial charge in [0.05, 0.1) is 19.4 Å². The van der Waals surface area contributed by atoms with Crippen LogP contribution < -0.4 is 26.6 Å². The number of nitrogens with zero attached hydrogens (tertiary/aromatic N) is 3. The van der Waals surface area contributed by atoms with Crippen molar-refractivity contribution in [3.8, 4) is 0 Å². The Kier molecular flexibility index (Phi) is 9.79. The van der Waals surface area contributed by atoms with Crippen molar-refractivity contribution < 1.29 is 75.9 Å². The van der Waals surface area contributed by atoms with Crippen LogP contribution in [0.3, 0.4) is 0 Å². The minimum atomic E-state index is -5.68. The van der Waals surface area contributed by atoms with Gasteiger partial charge in [0, 0.05) is 6.07 Å². The molecule has 4 heterocycles. The quantitative estimate of drug-likeness (QED) is 0.0892. The van der Waals surface area contributed by atoms with Crippen molar-refractivity contribution in [1.82, 2.24) is 9.55 Å². The van der Waals surface area contributed by atoms with E-state index in [1.54, 1.807) is 0 Å². The van der Waals surface area contributed by atoms with Gasteiger partial charge in [-0.3, -0.25) is 18.5 Å². The molecule has 0 radical (unpaired) electrons. The van der Waals surface area contributed by atoms with Crippen molar-refractivity contribution in [2.75, 3.05) is 18.9 Å². The minimum Gasteiger partial charge on any atom is -0.756 e. The zero-order chi connectivity index (χ0) is 31.9. The summed E-state index contributed by atoms with van der Waals surface area (Å²) in [6, 6.07) is 2.77. The average molecular weight is 657 g/mol. The fourth-order valence-electron chi connectivity index (χ4n) is 4.15. The summed E-state index contributed by atoms with van der Waals surface area (Å²) < 4.78 is 63.6. The van der Waals surface area contributed by atoms with Crippen LogP contribution in [0.5, 0.6) is 0 Å². The molecule has 2 aromatic heterocycles. The molecule has 0 spiro atoms. The number of rotatable bonds is 11. The Hall–Kier alpha value is -2.75. The second-order valence-electron chi connectivity index (χ2n) is 9.25. The molecule has 20 nitrogen and oxygen atoms in total. The number of phosphoric ester groups is 2. The first-order valence-corrected chi connectivity index (χ1v) is 15.0. The first kappa shape index (κ1) is 33.1. The molecular weight excluding hydrogens is 631 g/mol. The first-order valence-electron chi connectivity index (χ1n) is 12.0. The van der Waals surface area contributed by atoms with Gasteiger partial charge < -0.3 is 55.7 Å². The lowest BCUT2D eigenvalue weighted by atomic mass is 10.1. The van der Waals surface area contributed by atoms with E-state index in [0.29, 0.717) is 10.8 Å². The maximum absolute atomic E-state index is 13.8. The Bertz CT molecular complexity index is 1520. The van der Waals surface area contributed by atoms with Crippen LogP contribution in [0.1, 0.15) is 22.8 Å². The van der Waals surface area contributed by atoms with Crippen molar-refractivity contribution in [3.63, 3.8) is 0 Å². The Morgan fingerprint density at radius 1 is 1.12 bits per heavy atom. The average Bonchev–Trinajstić information content (AvgIpc) is 3.37. The van der Waals surface area contributed by atoms with Crippen molar-refractivity contribution >= 4 is 27.4 Å².